The van der Waals surface area contributed by atoms with E-state index in [4.69, 9.17) is 0 Å². The third-order valence-corrected chi connectivity index (χ3v) is 6.23. The fraction of sp³-hybridized carbons (Fsp3) is 0.385. The highest BCUT2D eigenvalue weighted by atomic mass is 16.2. The molecular weight excluding hydrogens is 432 g/mol. The fourth-order valence-corrected chi connectivity index (χ4v) is 3.92. The van der Waals surface area contributed by atoms with Gasteiger partial charge in [0.2, 0.25) is 5.91 Å². The molecule has 2 aromatic rings. The summed E-state index contributed by atoms with van der Waals surface area (Å²) < 4.78 is 0. The summed E-state index contributed by atoms with van der Waals surface area (Å²) in [4.78, 5) is 51.6. The van der Waals surface area contributed by atoms with Crippen molar-refractivity contribution in [3.8, 4) is 0 Å². The lowest BCUT2D eigenvalue weighted by Gasteiger charge is -2.24. The lowest BCUT2D eigenvalue weighted by molar-refractivity contribution is -0.133. The van der Waals surface area contributed by atoms with Crippen molar-refractivity contribution in [3.05, 3.63) is 65.2 Å². The van der Waals surface area contributed by atoms with Crippen molar-refractivity contribution in [2.75, 3.05) is 11.9 Å². The molecule has 1 heterocycles. The number of carbonyl (C=O) groups excluding carboxylic acids is 4. The molecule has 2 aromatic carbocycles. The Balaban J connectivity index is 1.43. The van der Waals surface area contributed by atoms with Crippen LogP contribution in [0.1, 0.15) is 62.0 Å². The Labute approximate surface area is 199 Å². The molecular formula is C26H30N4O4. The molecule has 2 fully saturated rings. The van der Waals surface area contributed by atoms with Crippen LogP contribution in [0.2, 0.25) is 0 Å². The van der Waals surface area contributed by atoms with E-state index in [9.17, 15) is 19.2 Å². The molecule has 0 bridgehead atoms. The number of nitrogens with zero attached hydrogens (tertiary/aromatic N) is 1. The van der Waals surface area contributed by atoms with E-state index >= 15 is 0 Å². The Morgan fingerprint density at radius 2 is 1.76 bits per heavy atom. The standard InChI is InChI=1S/C26H30N4O4/c1-25(2,3)17-8-10-18(11-9-17)26(4)23(33)30(24(34)29-26)15-21(31)27-20-7-5-6-16(14-20)22(32)28-19-12-13-19/h5-11,14,19H,12-13,15H2,1-4H3,(H,27,31)(H,28,32)(H,29,34). The van der Waals surface area contributed by atoms with Gasteiger partial charge in [0.05, 0.1) is 0 Å². The maximum Gasteiger partial charge on any atom is 0.325 e. The van der Waals surface area contributed by atoms with Crippen molar-refractivity contribution >= 4 is 29.4 Å². The molecule has 1 saturated heterocycles. The highest BCUT2D eigenvalue weighted by Crippen LogP contribution is 2.31. The number of rotatable bonds is 6. The zero-order chi connectivity index (χ0) is 24.7. The van der Waals surface area contributed by atoms with Crippen molar-refractivity contribution < 1.29 is 19.2 Å². The van der Waals surface area contributed by atoms with Gasteiger partial charge in [-0.05, 0) is 54.5 Å². The summed E-state index contributed by atoms with van der Waals surface area (Å²) in [6.45, 7) is 7.50. The number of imide groups is 1. The summed E-state index contributed by atoms with van der Waals surface area (Å²) in [5.41, 5.74) is 1.32. The number of anilines is 1. The van der Waals surface area contributed by atoms with Crippen molar-refractivity contribution in [2.24, 2.45) is 0 Å². The smallest absolute Gasteiger partial charge is 0.325 e. The van der Waals surface area contributed by atoms with Crippen molar-refractivity contribution in [2.45, 2.75) is 57.5 Å². The predicted octanol–water partition coefficient (Wildman–Crippen LogP) is 3.28. The van der Waals surface area contributed by atoms with Gasteiger partial charge in [0.1, 0.15) is 12.1 Å². The van der Waals surface area contributed by atoms with Gasteiger partial charge in [-0.2, -0.15) is 0 Å². The molecule has 0 spiro atoms. The van der Waals surface area contributed by atoms with Crippen LogP contribution in [0.15, 0.2) is 48.5 Å². The van der Waals surface area contributed by atoms with E-state index < -0.39 is 29.9 Å². The van der Waals surface area contributed by atoms with Gasteiger partial charge in [0.25, 0.3) is 11.8 Å². The van der Waals surface area contributed by atoms with Crippen molar-refractivity contribution in [1.82, 2.24) is 15.5 Å². The SMILES string of the molecule is CC(C)(C)c1ccc(C2(C)NC(=O)N(CC(=O)Nc3cccc(C(=O)NC4CC4)c3)C2=O)cc1. The lowest BCUT2D eigenvalue weighted by atomic mass is 9.84. The molecule has 1 aliphatic carbocycles. The molecule has 8 nitrogen and oxygen atoms in total. The van der Waals surface area contributed by atoms with Gasteiger partial charge in [-0.1, -0.05) is 51.1 Å². The number of carbonyl (C=O) groups is 4. The second-order valence-electron chi connectivity index (χ2n) is 10.2. The van der Waals surface area contributed by atoms with Crippen LogP contribution < -0.4 is 16.0 Å². The molecule has 0 aromatic heterocycles. The molecule has 8 heteroatoms. The van der Waals surface area contributed by atoms with Crippen molar-refractivity contribution in [1.29, 1.82) is 0 Å². The molecule has 178 valence electrons. The molecule has 34 heavy (non-hydrogen) atoms. The zero-order valence-electron chi connectivity index (χ0n) is 19.9. The quantitative estimate of drug-likeness (QED) is 0.573. The van der Waals surface area contributed by atoms with Crippen LogP contribution in [0, 0.1) is 0 Å². The molecule has 1 atom stereocenters. The highest BCUT2D eigenvalue weighted by molar-refractivity contribution is 6.10. The van der Waals surface area contributed by atoms with E-state index in [1.54, 1.807) is 31.2 Å². The Bertz CT molecular complexity index is 1150. The topological polar surface area (TPSA) is 108 Å². The van der Waals surface area contributed by atoms with Crippen molar-refractivity contribution in [3.63, 3.8) is 0 Å². The Morgan fingerprint density at radius 3 is 2.38 bits per heavy atom. The molecule has 3 N–H and O–H groups in total. The first-order valence-electron chi connectivity index (χ1n) is 11.4. The predicted molar refractivity (Wildman–Crippen MR) is 128 cm³/mol. The average Bonchev–Trinajstić information content (AvgIpc) is 3.57. The van der Waals surface area contributed by atoms with Gasteiger partial charge in [0, 0.05) is 17.3 Å². The summed E-state index contributed by atoms with van der Waals surface area (Å²) in [5.74, 6) is -1.22. The first-order valence-corrected chi connectivity index (χ1v) is 11.4. The lowest BCUT2D eigenvalue weighted by Crippen LogP contribution is -2.42. The number of urea groups is 1. The first kappa shape index (κ1) is 23.5. The Hall–Kier alpha value is -3.68. The van der Waals surface area contributed by atoms with Gasteiger partial charge < -0.3 is 16.0 Å². The first-order chi connectivity index (χ1) is 16.0. The molecule has 0 radical (unpaired) electrons. The third kappa shape index (κ3) is 4.81. The van der Waals surface area contributed by atoms with Gasteiger partial charge in [0.15, 0.2) is 0 Å². The summed E-state index contributed by atoms with van der Waals surface area (Å²) in [7, 11) is 0. The minimum absolute atomic E-state index is 0.0393. The second kappa shape index (κ2) is 8.59. The fourth-order valence-electron chi connectivity index (χ4n) is 3.92. The summed E-state index contributed by atoms with van der Waals surface area (Å²) in [6.07, 6.45) is 1.96. The molecule has 2 aliphatic rings. The maximum absolute atomic E-state index is 13.2. The maximum atomic E-state index is 13.2. The van der Waals surface area contributed by atoms with Crippen LogP contribution in [0.5, 0.6) is 0 Å². The minimum atomic E-state index is -1.26. The number of hydrogen-bond acceptors (Lipinski definition) is 4. The summed E-state index contributed by atoms with van der Waals surface area (Å²) in [6, 6.07) is 13.7. The average molecular weight is 463 g/mol. The molecule has 1 aliphatic heterocycles. The zero-order valence-corrected chi connectivity index (χ0v) is 19.9. The van der Waals surface area contributed by atoms with Gasteiger partial charge in [-0.3, -0.25) is 19.3 Å². The van der Waals surface area contributed by atoms with Crippen LogP contribution in [0.4, 0.5) is 10.5 Å². The second-order valence-corrected chi connectivity index (χ2v) is 10.2. The van der Waals surface area contributed by atoms with Crippen LogP contribution >= 0.6 is 0 Å². The third-order valence-electron chi connectivity index (χ3n) is 6.23. The van der Waals surface area contributed by atoms with E-state index in [1.807, 2.05) is 24.3 Å². The van der Waals surface area contributed by atoms with E-state index in [-0.39, 0.29) is 17.4 Å². The number of benzene rings is 2. The van der Waals surface area contributed by atoms with E-state index in [1.165, 1.54) is 0 Å². The number of amides is 5. The normalized spacial score (nSPS) is 20.2. The Morgan fingerprint density at radius 1 is 1.09 bits per heavy atom. The monoisotopic (exact) mass is 462 g/mol. The summed E-state index contributed by atoms with van der Waals surface area (Å²) >= 11 is 0. The van der Waals surface area contributed by atoms with Crippen LogP contribution in [-0.2, 0) is 20.5 Å². The molecule has 4 rings (SSSR count). The van der Waals surface area contributed by atoms with Gasteiger partial charge >= 0.3 is 6.03 Å². The van der Waals surface area contributed by atoms with Crippen LogP contribution in [-0.4, -0.2) is 41.2 Å². The number of nitrogens with one attached hydrogen (secondary N) is 3. The molecule has 1 unspecified atom stereocenters. The molecule has 5 amide bonds. The van der Waals surface area contributed by atoms with E-state index in [0.29, 0.717) is 16.8 Å². The molecule has 1 saturated carbocycles. The van der Waals surface area contributed by atoms with Crippen LogP contribution in [0.25, 0.3) is 0 Å². The highest BCUT2D eigenvalue weighted by Gasteiger charge is 2.49. The minimum Gasteiger partial charge on any atom is -0.349 e. The Kier molecular flexibility index (Phi) is 5.93. The van der Waals surface area contributed by atoms with Gasteiger partial charge in [-0.15, -0.1) is 0 Å². The summed E-state index contributed by atoms with van der Waals surface area (Å²) in [5, 5.41) is 8.30. The number of hydrogen-bond donors (Lipinski definition) is 3. The van der Waals surface area contributed by atoms with E-state index in [2.05, 4.69) is 36.7 Å². The van der Waals surface area contributed by atoms with Gasteiger partial charge in [-0.25, -0.2) is 4.79 Å². The van der Waals surface area contributed by atoms with E-state index in [0.717, 1.165) is 23.3 Å². The largest absolute Gasteiger partial charge is 0.349 e. The van der Waals surface area contributed by atoms with Crippen LogP contribution in [0.3, 0.4) is 0 Å².